The molecule has 0 aromatic heterocycles. The molecule has 0 aliphatic heterocycles. The van der Waals surface area contributed by atoms with Gasteiger partial charge in [0.15, 0.2) is 5.72 Å². The van der Waals surface area contributed by atoms with Crippen molar-refractivity contribution in [3.63, 3.8) is 0 Å². The van der Waals surface area contributed by atoms with Crippen molar-refractivity contribution in [3.05, 3.63) is 35.4 Å². The Morgan fingerprint density at radius 2 is 1.94 bits per heavy atom. The number of hydrogen-bond acceptors (Lipinski definition) is 4. The fourth-order valence-corrected chi connectivity index (χ4v) is 1.64. The maximum atomic E-state index is 10.5. The molecule has 5 heteroatoms. The first-order valence-electron chi connectivity index (χ1n) is 5.77. The van der Waals surface area contributed by atoms with Crippen molar-refractivity contribution < 1.29 is 15.0 Å². The number of hydrogen-bond donors (Lipinski definition) is 3. The summed E-state index contributed by atoms with van der Waals surface area (Å²) in [6.45, 7) is 2.00. The first kappa shape index (κ1) is 17.1. The van der Waals surface area contributed by atoms with Crippen LogP contribution in [0.3, 0.4) is 0 Å². The van der Waals surface area contributed by atoms with E-state index < -0.39 is 11.8 Å². The maximum absolute atomic E-state index is 10.5. The second-order valence-corrected chi connectivity index (χ2v) is 4.22. The van der Waals surface area contributed by atoms with Gasteiger partial charge in [-0.1, -0.05) is 44.0 Å². The van der Waals surface area contributed by atoms with Crippen molar-refractivity contribution in [2.24, 2.45) is 5.73 Å². The molecule has 0 spiro atoms. The van der Waals surface area contributed by atoms with Gasteiger partial charge in [0.1, 0.15) is 12.4 Å². The molecular formula is C13H20ClNO3. The van der Waals surface area contributed by atoms with Gasteiger partial charge >= 0.3 is 0 Å². The molecule has 4 N–H and O–H groups in total. The normalized spacial score (nSPS) is 15.3. The molecule has 102 valence electrons. The maximum Gasteiger partial charge on any atom is 0.165 e. The molecule has 1 aromatic rings. The summed E-state index contributed by atoms with van der Waals surface area (Å²) in [7, 11) is 0. The molecule has 0 saturated heterocycles. The topological polar surface area (TPSA) is 83.6 Å². The molecule has 0 saturated carbocycles. The predicted molar refractivity (Wildman–Crippen MR) is 72.7 cm³/mol. The van der Waals surface area contributed by atoms with Crippen LogP contribution in [-0.2, 0) is 5.72 Å². The third-order valence-corrected chi connectivity index (χ3v) is 2.85. The molecule has 1 aromatic carbocycles. The number of aldehydes is 1. The summed E-state index contributed by atoms with van der Waals surface area (Å²) in [6.07, 6.45) is 1.88. The summed E-state index contributed by atoms with van der Waals surface area (Å²) in [5, 5.41) is 19.9. The molecule has 0 radical (unpaired) electrons. The van der Waals surface area contributed by atoms with Crippen molar-refractivity contribution >= 4 is 18.7 Å². The van der Waals surface area contributed by atoms with Crippen LogP contribution in [0, 0.1) is 0 Å². The van der Waals surface area contributed by atoms with Gasteiger partial charge in [0, 0.05) is 11.1 Å². The fraction of sp³-hybridized carbons (Fsp3) is 0.462. The van der Waals surface area contributed by atoms with Crippen LogP contribution in [0.5, 0.6) is 0 Å². The number of halogens is 1. The Morgan fingerprint density at radius 3 is 2.39 bits per heavy atom. The Bertz CT molecular complexity index is 365. The van der Waals surface area contributed by atoms with Crippen LogP contribution in [0.15, 0.2) is 24.3 Å². The molecule has 0 aliphatic carbocycles. The van der Waals surface area contributed by atoms with E-state index in [1.165, 1.54) is 0 Å². The van der Waals surface area contributed by atoms with Gasteiger partial charge in [-0.3, -0.25) is 10.5 Å². The van der Waals surface area contributed by atoms with Gasteiger partial charge in [0.2, 0.25) is 0 Å². The summed E-state index contributed by atoms with van der Waals surface area (Å²) in [5.41, 5.74) is 4.88. The number of aliphatic hydroxyl groups is 2. The number of carbonyl (C=O) groups is 1. The van der Waals surface area contributed by atoms with Gasteiger partial charge in [-0.2, -0.15) is 0 Å². The van der Waals surface area contributed by atoms with Gasteiger partial charge in [-0.15, -0.1) is 12.4 Å². The average Bonchev–Trinajstić information content (AvgIpc) is 2.35. The van der Waals surface area contributed by atoms with Crippen LogP contribution in [0.4, 0.5) is 0 Å². The summed E-state index contributed by atoms with van der Waals surface area (Å²) >= 11 is 0. The zero-order valence-electron chi connectivity index (χ0n) is 10.4. The largest absolute Gasteiger partial charge is 0.388 e. The molecule has 0 amide bonds. The van der Waals surface area contributed by atoms with Crippen molar-refractivity contribution in [2.45, 2.75) is 38.0 Å². The second kappa shape index (κ2) is 7.48. The molecular weight excluding hydrogens is 254 g/mol. The molecule has 0 bridgehead atoms. The third kappa shape index (κ3) is 4.07. The monoisotopic (exact) mass is 273 g/mol. The highest BCUT2D eigenvalue weighted by Gasteiger charge is 2.32. The standard InChI is InChI=1S/C13H19NO3.ClH/c1-2-3-4-12(16)13(14,17)11-7-5-10(9-15)6-8-11;/h5-9,12,16-17H,2-4,14H2,1H3;1H/t12-,13-;/m1./s1. The van der Waals surface area contributed by atoms with Gasteiger partial charge in [-0.25, -0.2) is 0 Å². The molecule has 2 atom stereocenters. The van der Waals surface area contributed by atoms with Gasteiger partial charge in [0.25, 0.3) is 0 Å². The molecule has 0 heterocycles. The quantitative estimate of drug-likeness (QED) is 0.543. The van der Waals surface area contributed by atoms with E-state index >= 15 is 0 Å². The summed E-state index contributed by atoms with van der Waals surface area (Å²) in [6, 6.07) is 6.23. The number of carbonyl (C=O) groups excluding carboxylic acids is 1. The van der Waals surface area contributed by atoms with Gasteiger partial charge in [-0.05, 0) is 6.42 Å². The lowest BCUT2D eigenvalue weighted by atomic mass is 9.94. The molecule has 0 aliphatic rings. The van der Waals surface area contributed by atoms with Crippen LogP contribution >= 0.6 is 12.4 Å². The predicted octanol–water partition coefficient (Wildman–Crippen LogP) is 1.58. The zero-order chi connectivity index (χ0) is 12.9. The van der Waals surface area contributed by atoms with Crippen molar-refractivity contribution in [1.29, 1.82) is 0 Å². The van der Waals surface area contributed by atoms with E-state index in [0.29, 0.717) is 23.8 Å². The van der Waals surface area contributed by atoms with E-state index in [9.17, 15) is 15.0 Å². The summed E-state index contributed by atoms with van der Waals surface area (Å²) < 4.78 is 0. The lowest BCUT2D eigenvalue weighted by molar-refractivity contribution is -0.0802. The summed E-state index contributed by atoms with van der Waals surface area (Å²) in [4.78, 5) is 10.5. The molecule has 0 fully saturated rings. The zero-order valence-corrected chi connectivity index (χ0v) is 11.2. The van der Waals surface area contributed by atoms with Gasteiger partial charge < -0.3 is 10.2 Å². The van der Waals surface area contributed by atoms with E-state index in [-0.39, 0.29) is 12.4 Å². The van der Waals surface area contributed by atoms with E-state index in [1.807, 2.05) is 6.92 Å². The first-order chi connectivity index (χ1) is 8.02. The van der Waals surface area contributed by atoms with E-state index in [0.717, 1.165) is 12.8 Å². The Hall–Kier alpha value is -0.940. The SMILES string of the molecule is CCCC[C@@H](O)[C@](N)(O)c1ccc(C=O)cc1.Cl. The molecule has 1 rings (SSSR count). The highest BCUT2D eigenvalue weighted by atomic mass is 35.5. The van der Waals surface area contributed by atoms with Crippen LogP contribution in [-0.4, -0.2) is 22.6 Å². The van der Waals surface area contributed by atoms with E-state index in [2.05, 4.69) is 0 Å². The van der Waals surface area contributed by atoms with E-state index in [4.69, 9.17) is 5.73 Å². The van der Waals surface area contributed by atoms with E-state index in [1.54, 1.807) is 24.3 Å². The minimum Gasteiger partial charge on any atom is -0.388 e. The highest BCUT2D eigenvalue weighted by Crippen LogP contribution is 2.22. The number of unbranched alkanes of at least 4 members (excludes halogenated alkanes) is 1. The Morgan fingerprint density at radius 1 is 1.39 bits per heavy atom. The Kier molecular flexibility index (Phi) is 7.09. The van der Waals surface area contributed by atoms with Crippen molar-refractivity contribution in [1.82, 2.24) is 0 Å². The lowest BCUT2D eigenvalue weighted by Crippen LogP contribution is -2.47. The Balaban J connectivity index is 0.00000289. The number of rotatable bonds is 6. The first-order valence-corrected chi connectivity index (χ1v) is 5.77. The highest BCUT2D eigenvalue weighted by molar-refractivity contribution is 5.85. The smallest absolute Gasteiger partial charge is 0.165 e. The third-order valence-electron chi connectivity index (χ3n) is 2.85. The minimum atomic E-state index is -1.77. The Labute approximate surface area is 113 Å². The summed E-state index contributed by atoms with van der Waals surface area (Å²) in [5.74, 6) is 0. The van der Waals surface area contributed by atoms with Crippen molar-refractivity contribution in [3.8, 4) is 0 Å². The minimum absolute atomic E-state index is 0. The van der Waals surface area contributed by atoms with Crippen LogP contribution in [0.1, 0.15) is 42.1 Å². The molecule has 4 nitrogen and oxygen atoms in total. The molecule has 18 heavy (non-hydrogen) atoms. The van der Waals surface area contributed by atoms with Crippen LogP contribution in [0.2, 0.25) is 0 Å². The van der Waals surface area contributed by atoms with Crippen LogP contribution in [0.25, 0.3) is 0 Å². The van der Waals surface area contributed by atoms with Crippen LogP contribution < -0.4 is 5.73 Å². The second-order valence-electron chi connectivity index (χ2n) is 4.22. The lowest BCUT2D eigenvalue weighted by Gasteiger charge is -2.29. The molecule has 0 unspecified atom stereocenters. The number of benzene rings is 1. The fourth-order valence-electron chi connectivity index (χ4n) is 1.64. The average molecular weight is 274 g/mol. The number of aliphatic hydroxyl groups excluding tert-OH is 1. The van der Waals surface area contributed by atoms with Gasteiger partial charge in [0.05, 0.1) is 0 Å². The van der Waals surface area contributed by atoms with Crippen molar-refractivity contribution in [2.75, 3.05) is 0 Å². The number of nitrogens with two attached hydrogens (primary N) is 1.